The lowest BCUT2D eigenvalue weighted by Crippen LogP contribution is -2.07. The van der Waals surface area contributed by atoms with Crippen LogP contribution in [0.15, 0.2) is 29.6 Å². The van der Waals surface area contributed by atoms with Crippen LogP contribution >= 0.6 is 33.9 Å². The zero-order valence-corrected chi connectivity index (χ0v) is 15.0. The standard InChI is InChI=1S/C16H16IN3S/c1-3-12-14(17)16(18-4-2)20-15(19-12)11-9-21-13-8-6-5-7-10(11)13/h5-9H,3-4H2,1-2H3,(H,18,19,20). The van der Waals surface area contributed by atoms with E-state index in [9.17, 15) is 0 Å². The Morgan fingerprint density at radius 3 is 2.76 bits per heavy atom. The number of benzene rings is 1. The Hall–Kier alpha value is -1.21. The van der Waals surface area contributed by atoms with E-state index in [1.165, 1.54) is 10.1 Å². The minimum atomic E-state index is 0.820. The molecule has 0 amide bonds. The summed E-state index contributed by atoms with van der Waals surface area (Å²) in [7, 11) is 0. The molecule has 2 heterocycles. The maximum Gasteiger partial charge on any atom is 0.163 e. The third-order valence-electron chi connectivity index (χ3n) is 3.32. The predicted octanol–water partition coefficient (Wildman–Crippen LogP) is 4.96. The average molecular weight is 409 g/mol. The average Bonchev–Trinajstić information content (AvgIpc) is 2.93. The molecule has 3 aromatic rings. The molecule has 1 N–H and O–H groups in total. The van der Waals surface area contributed by atoms with Crippen LogP contribution in [0.3, 0.4) is 0 Å². The molecule has 0 radical (unpaired) electrons. The lowest BCUT2D eigenvalue weighted by Gasteiger charge is -2.11. The van der Waals surface area contributed by atoms with Crippen LogP contribution in [0.25, 0.3) is 21.5 Å². The van der Waals surface area contributed by atoms with Gasteiger partial charge in [0.25, 0.3) is 0 Å². The van der Waals surface area contributed by atoms with E-state index in [1.807, 2.05) is 0 Å². The van der Waals surface area contributed by atoms with E-state index in [0.29, 0.717) is 0 Å². The Morgan fingerprint density at radius 2 is 2.00 bits per heavy atom. The van der Waals surface area contributed by atoms with Crippen LogP contribution in [-0.2, 0) is 6.42 Å². The topological polar surface area (TPSA) is 37.8 Å². The number of thiophene rings is 1. The summed E-state index contributed by atoms with van der Waals surface area (Å²) in [4.78, 5) is 9.51. The Kier molecular flexibility index (Phi) is 4.40. The second-order valence-electron chi connectivity index (χ2n) is 4.69. The van der Waals surface area contributed by atoms with Gasteiger partial charge in [-0.2, -0.15) is 0 Å². The van der Waals surface area contributed by atoms with Crippen molar-refractivity contribution in [2.45, 2.75) is 20.3 Å². The van der Waals surface area contributed by atoms with Gasteiger partial charge >= 0.3 is 0 Å². The van der Waals surface area contributed by atoms with E-state index in [1.54, 1.807) is 11.3 Å². The van der Waals surface area contributed by atoms with E-state index in [4.69, 9.17) is 9.97 Å². The van der Waals surface area contributed by atoms with Crippen LogP contribution in [0.5, 0.6) is 0 Å². The number of aromatic nitrogens is 2. The summed E-state index contributed by atoms with van der Waals surface area (Å²) in [5.74, 6) is 1.76. The molecule has 0 saturated heterocycles. The van der Waals surface area contributed by atoms with Crippen molar-refractivity contribution in [3.8, 4) is 11.4 Å². The maximum atomic E-state index is 4.77. The van der Waals surface area contributed by atoms with Crippen LogP contribution < -0.4 is 5.32 Å². The van der Waals surface area contributed by atoms with E-state index < -0.39 is 0 Å². The molecule has 2 aromatic heterocycles. The first-order valence-electron chi connectivity index (χ1n) is 7.01. The summed E-state index contributed by atoms with van der Waals surface area (Å²) in [5, 5.41) is 6.73. The van der Waals surface area contributed by atoms with Gasteiger partial charge in [-0.3, -0.25) is 0 Å². The van der Waals surface area contributed by atoms with Gasteiger partial charge in [0.15, 0.2) is 5.82 Å². The SMILES string of the molecule is CCNc1nc(-c2csc3ccccc23)nc(CC)c1I. The van der Waals surface area contributed by atoms with E-state index in [-0.39, 0.29) is 0 Å². The molecule has 0 fully saturated rings. The molecule has 0 aliphatic rings. The quantitative estimate of drug-likeness (QED) is 0.620. The number of nitrogens with zero attached hydrogens (tertiary/aromatic N) is 2. The van der Waals surface area contributed by atoms with Gasteiger partial charge < -0.3 is 5.32 Å². The number of aryl methyl sites for hydroxylation is 1. The first-order valence-corrected chi connectivity index (χ1v) is 8.97. The molecule has 0 saturated carbocycles. The van der Waals surface area contributed by atoms with Crippen molar-refractivity contribution in [2.75, 3.05) is 11.9 Å². The second kappa shape index (κ2) is 6.27. The van der Waals surface area contributed by atoms with Crippen molar-refractivity contribution in [1.29, 1.82) is 0 Å². The molecule has 0 aliphatic heterocycles. The van der Waals surface area contributed by atoms with Gasteiger partial charge in [-0.25, -0.2) is 9.97 Å². The van der Waals surface area contributed by atoms with Crippen molar-refractivity contribution in [1.82, 2.24) is 9.97 Å². The van der Waals surface area contributed by atoms with Gasteiger partial charge in [0.1, 0.15) is 5.82 Å². The number of hydrogen-bond donors (Lipinski definition) is 1. The van der Waals surface area contributed by atoms with Crippen LogP contribution in [0, 0.1) is 3.57 Å². The van der Waals surface area contributed by atoms with Gasteiger partial charge in [0.2, 0.25) is 0 Å². The maximum absolute atomic E-state index is 4.77. The minimum absolute atomic E-state index is 0.820. The van der Waals surface area contributed by atoms with Crippen molar-refractivity contribution >= 4 is 49.8 Å². The molecule has 108 valence electrons. The zero-order chi connectivity index (χ0) is 14.8. The Bertz CT molecular complexity index is 782. The molecule has 0 atom stereocenters. The smallest absolute Gasteiger partial charge is 0.163 e. The molecule has 3 nitrogen and oxygen atoms in total. The fourth-order valence-corrected chi connectivity index (χ4v) is 4.04. The molecule has 21 heavy (non-hydrogen) atoms. The largest absolute Gasteiger partial charge is 0.369 e. The van der Waals surface area contributed by atoms with E-state index in [2.05, 4.69) is 71.4 Å². The number of fused-ring (bicyclic) bond motifs is 1. The highest BCUT2D eigenvalue weighted by atomic mass is 127. The Labute approximate surface area is 142 Å². The van der Waals surface area contributed by atoms with Gasteiger partial charge in [-0.05, 0) is 42.0 Å². The van der Waals surface area contributed by atoms with Gasteiger partial charge in [-0.1, -0.05) is 25.1 Å². The molecule has 3 rings (SSSR count). The highest BCUT2D eigenvalue weighted by Gasteiger charge is 2.14. The molecule has 0 spiro atoms. The molecule has 0 aliphatic carbocycles. The zero-order valence-electron chi connectivity index (χ0n) is 12.0. The Morgan fingerprint density at radius 1 is 1.19 bits per heavy atom. The normalized spacial score (nSPS) is 11.0. The molecule has 0 bridgehead atoms. The summed E-state index contributed by atoms with van der Waals surface area (Å²) in [5.41, 5.74) is 2.23. The molecular weight excluding hydrogens is 393 g/mol. The number of halogens is 1. The third kappa shape index (κ3) is 2.76. The van der Waals surface area contributed by atoms with Crippen molar-refractivity contribution < 1.29 is 0 Å². The predicted molar refractivity (Wildman–Crippen MR) is 99.1 cm³/mol. The first kappa shape index (κ1) is 14.7. The molecule has 1 aromatic carbocycles. The lowest BCUT2D eigenvalue weighted by atomic mass is 10.1. The highest BCUT2D eigenvalue weighted by molar-refractivity contribution is 14.1. The van der Waals surface area contributed by atoms with Crippen molar-refractivity contribution in [3.05, 3.63) is 38.9 Å². The summed E-state index contributed by atoms with van der Waals surface area (Å²) in [6.07, 6.45) is 0.911. The number of rotatable bonds is 4. The summed E-state index contributed by atoms with van der Waals surface area (Å²) < 4.78 is 2.40. The fraction of sp³-hybridized carbons (Fsp3) is 0.250. The summed E-state index contributed by atoms with van der Waals surface area (Å²) in [6, 6.07) is 8.42. The van der Waals surface area contributed by atoms with Crippen LogP contribution in [0.2, 0.25) is 0 Å². The number of nitrogens with one attached hydrogen (secondary N) is 1. The van der Waals surface area contributed by atoms with Crippen LogP contribution in [0.1, 0.15) is 19.5 Å². The lowest BCUT2D eigenvalue weighted by molar-refractivity contribution is 0.984. The molecule has 5 heteroatoms. The van der Waals surface area contributed by atoms with Gasteiger partial charge in [0.05, 0.1) is 9.26 Å². The fourth-order valence-electron chi connectivity index (χ4n) is 2.28. The molecular formula is C16H16IN3S. The van der Waals surface area contributed by atoms with E-state index in [0.717, 1.165) is 39.4 Å². The van der Waals surface area contributed by atoms with Gasteiger partial charge in [-0.15, -0.1) is 11.3 Å². The second-order valence-corrected chi connectivity index (χ2v) is 6.68. The van der Waals surface area contributed by atoms with E-state index >= 15 is 0 Å². The summed E-state index contributed by atoms with van der Waals surface area (Å²) in [6.45, 7) is 5.08. The first-order chi connectivity index (χ1) is 10.2. The highest BCUT2D eigenvalue weighted by Crippen LogP contribution is 2.33. The number of hydrogen-bond acceptors (Lipinski definition) is 4. The van der Waals surface area contributed by atoms with Crippen molar-refractivity contribution in [2.24, 2.45) is 0 Å². The van der Waals surface area contributed by atoms with Crippen LogP contribution in [-0.4, -0.2) is 16.5 Å². The van der Waals surface area contributed by atoms with Gasteiger partial charge in [0, 0.05) is 27.6 Å². The monoisotopic (exact) mass is 409 g/mol. The third-order valence-corrected chi connectivity index (χ3v) is 5.42. The summed E-state index contributed by atoms with van der Waals surface area (Å²) >= 11 is 4.08. The molecule has 0 unspecified atom stereocenters. The van der Waals surface area contributed by atoms with Crippen LogP contribution in [0.4, 0.5) is 5.82 Å². The van der Waals surface area contributed by atoms with Crippen molar-refractivity contribution in [3.63, 3.8) is 0 Å². The number of anilines is 1. The minimum Gasteiger partial charge on any atom is -0.369 e. The Balaban J connectivity index is 2.19.